The average Bonchev–Trinajstić information content (AvgIpc) is 2.99. The van der Waals surface area contributed by atoms with Gasteiger partial charge in [-0.2, -0.15) is 0 Å². The molecule has 2 rings (SSSR count). The van der Waals surface area contributed by atoms with E-state index in [1.54, 1.807) is 13.1 Å². The predicted molar refractivity (Wildman–Crippen MR) is 97.8 cm³/mol. The minimum atomic E-state index is -0.0989. The van der Waals surface area contributed by atoms with Crippen molar-refractivity contribution in [1.29, 1.82) is 0 Å². The first kappa shape index (κ1) is 18.5. The first-order valence-electron chi connectivity index (χ1n) is 8.20. The summed E-state index contributed by atoms with van der Waals surface area (Å²) in [6, 6.07) is 3.96. The molecule has 0 radical (unpaired) electrons. The van der Waals surface area contributed by atoms with Crippen molar-refractivity contribution in [2.45, 2.75) is 45.1 Å². The zero-order valence-electron chi connectivity index (χ0n) is 14.0. The molecule has 1 heterocycles. The van der Waals surface area contributed by atoms with Crippen molar-refractivity contribution in [2.75, 3.05) is 20.6 Å². The standard InChI is InChI=1S/C17H25BrN2O2S/c1-4-12-7-5-6-8-13(12)20(3)16(21)11-19(2)17(22)14-9-10-15(18)23-14/h9-10,12-13H,4-8,11H2,1-3H3. The number of likely N-dealkylation sites (N-methyl/N-ethyl adjacent to an activating group) is 2. The van der Waals surface area contributed by atoms with Crippen molar-refractivity contribution in [1.82, 2.24) is 9.80 Å². The normalized spacial score (nSPS) is 21.0. The van der Waals surface area contributed by atoms with E-state index in [1.807, 2.05) is 18.0 Å². The number of amides is 2. The van der Waals surface area contributed by atoms with Crippen LogP contribution in [0.15, 0.2) is 15.9 Å². The molecule has 4 nitrogen and oxygen atoms in total. The Morgan fingerprint density at radius 1 is 1.26 bits per heavy atom. The minimum Gasteiger partial charge on any atom is -0.341 e. The van der Waals surface area contributed by atoms with Gasteiger partial charge in [-0.1, -0.05) is 26.2 Å². The van der Waals surface area contributed by atoms with E-state index in [9.17, 15) is 9.59 Å². The molecule has 1 aliphatic rings. The summed E-state index contributed by atoms with van der Waals surface area (Å²) in [4.78, 5) is 29.0. The van der Waals surface area contributed by atoms with Crippen molar-refractivity contribution in [3.63, 3.8) is 0 Å². The molecule has 0 saturated heterocycles. The second-order valence-electron chi connectivity index (χ2n) is 6.29. The van der Waals surface area contributed by atoms with Crippen LogP contribution in [-0.2, 0) is 4.79 Å². The fourth-order valence-corrected chi connectivity index (χ4v) is 4.74. The molecule has 1 aromatic rings. The predicted octanol–water partition coefficient (Wildman–Crippen LogP) is 4.01. The van der Waals surface area contributed by atoms with E-state index in [-0.39, 0.29) is 18.4 Å². The molecule has 1 fully saturated rings. The molecule has 23 heavy (non-hydrogen) atoms. The number of hydrogen-bond acceptors (Lipinski definition) is 3. The van der Waals surface area contributed by atoms with E-state index >= 15 is 0 Å². The first-order chi connectivity index (χ1) is 10.9. The summed E-state index contributed by atoms with van der Waals surface area (Å²) < 4.78 is 0.922. The van der Waals surface area contributed by atoms with Crippen LogP contribution < -0.4 is 0 Å². The Bertz CT molecular complexity index is 561. The largest absolute Gasteiger partial charge is 0.341 e. The van der Waals surface area contributed by atoms with Crippen molar-refractivity contribution < 1.29 is 9.59 Å². The SMILES string of the molecule is CCC1CCCCC1N(C)C(=O)CN(C)C(=O)c1ccc(Br)s1. The highest BCUT2D eigenvalue weighted by atomic mass is 79.9. The highest BCUT2D eigenvalue weighted by Crippen LogP contribution is 2.30. The summed E-state index contributed by atoms with van der Waals surface area (Å²) in [5.74, 6) is 0.520. The number of nitrogens with zero attached hydrogens (tertiary/aromatic N) is 2. The molecule has 0 aromatic carbocycles. The van der Waals surface area contributed by atoms with Gasteiger partial charge in [0.15, 0.2) is 0 Å². The quantitative estimate of drug-likeness (QED) is 0.748. The van der Waals surface area contributed by atoms with Crippen LogP contribution in [0.4, 0.5) is 0 Å². The Balaban J connectivity index is 1.95. The van der Waals surface area contributed by atoms with E-state index in [0.717, 1.165) is 16.6 Å². The van der Waals surface area contributed by atoms with Crippen LogP contribution in [-0.4, -0.2) is 48.3 Å². The van der Waals surface area contributed by atoms with Crippen molar-refractivity contribution in [3.8, 4) is 0 Å². The van der Waals surface area contributed by atoms with Gasteiger partial charge in [0, 0.05) is 20.1 Å². The van der Waals surface area contributed by atoms with E-state index < -0.39 is 0 Å². The van der Waals surface area contributed by atoms with Gasteiger partial charge in [-0.3, -0.25) is 9.59 Å². The van der Waals surface area contributed by atoms with Crippen molar-refractivity contribution >= 4 is 39.1 Å². The summed E-state index contributed by atoms with van der Waals surface area (Å²) in [5.41, 5.74) is 0. The maximum atomic E-state index is 12.6. The Morgan fingerprint density at radius 2 is 1.96 bits per heavy atom. The van der Waals surface area contributed by atoms with Gasteiger partial charge in [-0.15, -0.1) is 11.3 Å². The lowest BCUT2D eigenvalue weighted by atomic mass is 9.82. The second-order valence-corrected chi connectivity index (χ2v) is 8.75. The van der Waals surface area contributed by atoms with Crippen LogP contribution in [0.5, 0.6) is 0 Å². The smallest absolute Gasteiger partial charge is 0.264 e. The second kappa shape index (κ2) is 8.29. The summed E-state index contributed by atoms with van der Waals surface area (Å²) in [6.07, 6.45) is 5.85. The molecular formula is C17H25BrN2O2S. The molecule has 2 atom stereocenters. The average molecular weight is 401 g/mol. The molecule has 1 saturated carbocycles. The molecule has 2 unspecified atom stereocenters. The fraction of sp³-hybridized carbons (Fsp3) is 0.647. The lowest BCUT2D eigenvalue weighted by Gasteiger charge is -2.38. The number of rotatable bonds is 5. The lowest BCUT2D eigenvalue weighted by Crippen LogP contribution is -2.47. The van der Waals surface area contributed by atoms with Gasteiger partial charge in [0.1, 0.15) is 0 Å². The monoisotopic (exact) mass is 400 g/mol. The van der Waals surface area contributed by atoms with E-state index in [4.69, 9.17) is 0 Å². The molecule has 2 amide bonds. The maximum absolute atomic E-state index is 12.6. The van der Waals surface area contributed by atoms with Crippen molar-refractivity contribution in [2.24, 2.45) is 5.92 Å². The Labute approximate surface area is 151 Å². The van der Waals surface area contributed by atoms with Gasteiger partial charge >= 0.3 is 0 Å². The van der Waals surface area contributed by atoms with Gasteiger partial charge in [-0.05, 0) is 46.8 Å². The number of halogens is 1. The topological polar surface area (TPSA) is 40.6 Å². The maximum Gasteiger partial charge on any atom is 0.264 e. The van der Waals surface area contributed by atoms with Gasteiger partial charge < -0.3 is 9.80 Å². The number of thiophene rings is 1. The van der Waals surface area contributed by atoms with Crippen LogP contribution in [0, 0.1) is 5.92 Å². The van der Waals surface area contributed by atoms with Gasteiger partial charge in [0.2, 0.25) is 5.91 Å². The summed E-state index contributed by atoms with van der Waals surface area (Å²) in [6.45, 7) is 2.34. The summed E-state index contributed by atoms with van der Waals surface area (Å²) in [5, 5.41) is 0. The molecule has 128 valence electrons. The van der Waals surface area contributed by atoms with Gasteiger partial charge in [-0.25, -0.2) is 0 Å². The molecule has 0 bridgehead atoms. The van der Waals surface area contributed by atoms with Crippen molar-refractivity contribution in [3.05, 3.63) is 20.8 Å². The molecular weight excluding hydrogens is 376 g/mol. The Kier molecular flexibility index (Phi) is 6.65. The third kappa shape index (κ3) is 4.57. The van der Waals surface area contributed by atoms with Crippen LogP contribution >= 0.6 is 27.3 Å². The van der Waals surface area contributed by atoms with Crippen LogP contribution in [0.2, 0.25) is 0 Å². The molecule has 1 aliphatic carbocycles. The fourth-order valence-electron chi connectivity index (χ4n) is 3.36. The van der Waals surface area contributed by atoms with Gasteiger partial charge in [0.25, 0.3) is 5.91 Å². The lowest BCUT2D eigenvalue weighted by molar-refractivity contribution is -0.134. The summed E-state index contributed by atoms with van der Waals surface area (Å²) >= 11 is 4.76. The molecule has 0 spiro atoms. The zero-order valence-corrected chi connectivity index (χ0v) is 16.5. The van der Waals surface area contributed by atoms with Crippen LogP contribution in [0.3, 0.4) is 0 Å². The third-order valence-corrected chi connectivity index (χ3v) is 6.40. The van der Waals surface area contributed by atoms with E-state index in [0.29, 0.717) is 16.8 Å². The van der Waals surface area contributed by atoms with E-state index in [1.165, 1.54) is 35.5 Å². The van der Waals surface area contributed by atoms with Gasteiger partial charge in [0.05, 0.1) is 15.2 Å². The number of hydrogen-bond donors (Lipinski definition) is 0. The van der Waals surface area contributed by atoms with Crippen LogP contribution in [0.1, 0.15) is 48.7 Å². The molecule has 6 heteroatoms. The minimum absolute atomic E-state index is 0.0295. The highest BCUT2D eigenvalue weighted by Gasteiger charge is 2.30. The Hall–Kier alpha value is -0.880. The zero-order chi connectivity index (χ0) is 17.0. The molecule has 1 aromatic heterocycles. The molecule has 0 N–H and O–H groups in total. The Morgan fingerprint density at radius 3 is 2.57 bits per heavy atom. The first-order valence-corrected chi connectivity index (χ1v) is 9.81. The summed E-state index contributed by atoms with van der Waals surface area (Å²) in [7, 11) is 3.58. The molecule has 0 aliphatic heterocycles. The third-order valence-electron chi connectivity index (χ3n) is 4.79. The van der Waals surface area contributed by atoms with Crippen LogP contribution in [0.25, 0.3) is 0 Å². The van der Waals surface area contributed by atoms with E-state index in [2.05, 4.69) is 22.9 Å². The number of carbonyl (C=O) groups is 2. The number of carbonyl (C=O) groups excluding carboxylic acids is 2. The highest BCUT2D eigenvalue weighted by molar-refractivity contribution is 9.11.